The van der Waals surface area contributed by atoms with Crippen LogP contribution in [0.1, 0.15) is 12.0 Å². The summed E-state index contributed by atoms with van der Waals surface area (Å²) in [7, 11) is -1.46. The molecule has 0 saturated carbocycles. The van der Waals surface area contributed by atoms with Gasteiger partial charge in [-0.25, -0.2) is 9.00 Å². The van der Waals surface area contributed by atoms with Crippen molar-refractivity contribution in [2.75, 3.05) is 63.5 Å². The molecule has 10 heteroatoms. The molecule has 2 aromatic carbocycles. The van der Waals surface area contributed by atoms with Crippen LogP contribution in [0.2, 0.25) is 5.02 Å². The fourth-order valence-electron chi connectivity index (χ4n) is 4.39. The monoisotopic (exact) mass is 521 g/mol. The van der Waals surface area contributed by atoms with Gasteiger partial charge in [-0.3, -0.25) is 9.21 Å². The molecule has 2 unspecified atom stereocenters. The van der Waals surface area contributed by atoms with E-state index in [0.29, 0.717) is 36.2 Å². The molecular formula is C25H32ClN3O5S. The van der Waals surface area contributed by atoms with E-state index in [4.69, 9.17) is 26.2 Å². The number of halogens is 1. The number of fused-ring (bicyclic) bond motifs is 1. The highest BCUT2D eigenvalue weighted by atomic mass is 35.5. The molecule has 2 aliphatic heterocycles. The zero-order valence-electron chi connectivity index (χ0n) is 19.7. The first-order chi connectivity index (χ1) is 17.1. The van der Waals surface area contributed by atoms with E-state index in [1.165, 1.54) is 0 Å². The summed E-state index contributed by atoms with van der Waals surface area (Å²) in [6.45, 7) is 4.56. The molecule has 0 radical (unpaired) electrons. The van der Waals surface area contributed by atoms with Crippen molar-refractivity contribution < 1.29 is 23.6 Å². The average Bonchev–Trinajstić information content (AvgIpc) is 2.89. The maximum Gasteiger partial charge on any atom is 0.409 e. The molecule has 1 N–H and O–H groups in total. The highest BCUT2D eigenvalue weighted by Gasteiger charge is 2.33. The number of ether oxygens (including phenoxy) is 2. The second-order valence-corrected chi connectivity index (χ2v) is 10.4. The minimum Gasteiger partial charge on any atom is -0.447 e. The fraction of sp³-hybridized carbons (Fsp3) is 0.480. The van der Waals surface area contributed by atoms with Crippen LogP contribution >= 0.6 is 11.6 Å². The van der Waals surface area contributed by atoms with Gasteiger partial charge in [0.05, 0.1) is 36.4 Å². The van der Waals surface area contributed by atoms with Crippen molar-refractivity contribution in [3.05, 3.63) is 59.1 Å². The van der Waals surface area contributed by atoms with Crippen molar-refractivity contribution in [2.45, 2.75) is 23.8 Å². The molecule has 2 atom stereocenters. The summed E-state index contributed by atoms with van der Waals surface area (Å²) < 4.78 is 26.5. The number of hydrogen-bond donors (Lipinski definition) is 1. The number of carbonyl (C=O) groups is 1. The lowest BCUT2D eigenvalue weighted by Gasteiger charge is -2.38. The number of aryl methyl sites for hydroxylation is 1. The summed E-state index contributed by atoms with van der Waals surface area (Å²) >= 11 is 6.02. The minimum absolute atomic E-state index is 0.0247. The van der Waals surface area contributed by atoms with Gasteiger partial charge < -0.3 is 19.5 Å². The lowest BCUT2D eigenvalue weighted by molar-refractivity contribution is 0.0484. The van der Waals surface area contributed by atoms with Crippen LogP contribution in [0.25, 0.3) is 0 Å². The molecular weight excluding hydrogens is 490 g/mol. The van der Waals surface area contributed by atoms with Crippen molar-refractivity contribution >= 4 is 34.4 Å². The van der Waals surface area contributed by atoms with Crippen LogP contribution in [0.3, 0.4) is 0 Å². The van der Waals surface area contributed by atoms with Gasteiger partial charge in [-0.05, 0) is 48.7 Å². The van der Waals surface area contributed by atoms with Crippen molar-refractivity contribution in [3.8, 4) is 0 Å². The minimum atomic E-state index is -1.46. The Morgan fingerprint density at radius 3 is 2.54 bits per heavy atom. The number of amides is 1. The lowest BCUT2D eigenvalue weighted by Crippen LogP contribution is -2.50. The number of aliphatic hydroxyl groups is 1. The maximum absolute atomic E-state index is 13.6. The van der Waals surface area contributed by atoms with E-state index in [9.17, 15) is 9.00 Å². The van der Waals surface area contributed by atoms with E-state index >= 15 is 0 Å². The molecule has 1 saturated heterocycles. The standard InChI is InChI=1S/C25H32ClN3O5S/c26-21-6-9-23(10-7-21)35(32)29-22(8-5-20-3-1-2-4-24(20)29)19-34-25(31)28-13-11-27(12-14-28)15-17-33-18-16-30/h1-4,6-7,9-10,22,30H,5,8,11-19H2. The number of carbonyl (C=O) groups excluding carboxylic acids is 1. The summed E-state index contributed by atoms with van der Waals surface area (Å²) in [5, 5.41) is 9.38. The Balaban J connectivity index is 1.36. The van der Waals surface area contributed by atoms with Crippen LogP contribution in [-0.2, 0) is 26.9 Å². The average molecular weight is 522 g/mol. The molecule has 2 heterocycles. The Bertz CT molecular complexity index is 1000. The summed E-state index contributed by atoms with van der Waals surface area (Å²) in [5.41, 5.74) is 2.04. The first kappa shape index (κ1) is 25.9. The van der Waals surface area contributed by atoms with Crippen molar-refractivity contribution in [2.24, 2.45) is 0 Å². The van der Waals surface area contributed by atoms with E-state index in [1.807, 2.05) is 22.5 Å². The third-order valence-electron chi connectivity index (χ3n) is 6.32. The topological polar surface area (TPSA) is 82.6 Å². The van der Waals surface area contributed by atoms with Crippen LogP contribution in [-0.4, -0.2) is 90.4 Å². The molecule has 0 aliphatic carbocycles. The Morgan fingerprint density at radius 1 is 1.06 bits per heavy atom. The van der Waals surface area contributed by atoms with Crippen molar-refractivity contribution in [1.82, 2.24) is 9.80 Å². The number of hydrogen-bond acceptors (Lipinski definition) is 6. The number of anilines is 1. The first-order valence-electron chi connectivity index (χ1n) is 11.9. The molecule has 1 amide bonds. The largest absolute Gasteiger partial charge is 0.447 e. The summed E-state index contributed by atoms with van der Waals surface area (Å²) in [4.78, 5) is 17.4. The fourth-order valence-corrected chi connectivity index (χ4v) is 5.90. The first-order valence-corrected chi connectivity index (χ1v) is 13.4. The second-order valence-electron chi connectivity index (χ2n) is 8.59. The molecule has 2 aromatic rings. The summed E-state index contributed by atoms with van der Waals surface area (Å²) in [5.74, 6) is 0. The maximum atomic E-state index is 13.6. The molecule has 190 valence electrons. The van der Waals surface area contributed by atoms with E-state index < -0.39 is 11.0 Å². The van der Waals surface area contributed by atoms with Crippen molar-refractivity contribution in [3.63, 3.8) is 0 Å². The number of para-hydroxylation sites is 1. The van der Waals surface area contributed by atoms with Crippen LogP contribution in [0.4, 0.5) is 10.5 Å². The van der Waals surface area contributed by atoms with Gasteiger partial charge in [0.1, 0.15) is 6.61 Å². The van der Waals surface area contributed by atoms with Gasteiger partial charge in [0, 0.05) is 37.7 Å². The quantitative estimate of drug-likeness (QED) is 0.511. The van der Waals surface area contributed by atoms with Crippen LogP contribution in [0.5, 0.6) is 0 Å². The summed E-state index contributed by atoms with van der Waals surface area (Å²) in [6, 6.07) is 14.8. The van der Waals surface area contributed by atoms with Gasteiger partial charge in [0.2, 0.25) is 0 Å². The highest BCUT2D eigenvalue weighted by Crippen LogP contribution is 2.34. The van der Waals surface area contributed by atoms with Crippen molar-refractivity contribution in [1.29, 1.82) is 0 Å². The van der Waals surface area contributed by atoms with Crippen LogP contribution in [0.15, 0.2) is 53.4 Å². The molecule has 1 fully saturated rings. The van der Waals surface area contributed by atoms with E-state index in [1.54, 1.807) is 29.2 Å². The van der Waals surface area contributed by atoms with Gasteiger partial charge in [-0.15, -0.1) is 0 Å². The smallest absolute Gasteiger partial charge is 0.409 e. The van der Waals surface area contributed by atoms with E-state index in [0.717, 1.165) is 43.7 Å². The Morgan fingerprint density at radius 2 is 1.80 bits per heavy atom. The third-order valence-corrected chi connectivity index (χ3v) is 8.10. The van der Waals surface area contributed by atoms with Gasteiger partial charge in [-0.2, -0.15) is 0 Å². The number of piperazine rings is 1. The molecule has 8 nitrogen and oxygen atoms in total. The number of rotatable bonds is 9. The molecule has 0 spiro atoms. The van der Waals surface area contributed by atoms with Gasteiger partial charge in [-0.1, -0.05) is 29.8 Å². The second kappa shape index (κ2) is 12.7. The SMILES string of the molecule is O=C(OCC1CCc2ccccc2N1S(=O)c1ccc(Cl)cc1)N1CCN(CCOCCO)CC1. The van der Waals surface area contributed by atoms with E-state index in [-0.39, 0.29) is 25.3 Å². The Kier molecular flexibility index (Phi) is 9.39. The lowest BCUT2D eigenvalue weighted by atomic mass is 9.98. The molecule has 4 rings (SSSR count). The normalized spacial score (nSPS) is 19.3. The molecule has 0 aromatic heterocycles. The number of aliphatic hydroxyl groups excluding tert-OH is 1. The Hall–Kier alpha value is -2.17. The van der Waals surface area contributed by atoms with Crippen LogP contribution in [0, 0.1) is 0 Å². The Labute approximate surface area is 213 Å². The van der Waals surface area contributed by atoms with Gasteiger partial charge in [0.25, 0.3) is 0 Å². The predicted molar refractivity (Wildman–Crippen MR) is 136 cm³/mol. The van der Waals surface area contributed by atoms with Crippen LogP contribution < -0.4 is 4.31 Å². The number of benzene rings is 2. The number of nitrogens with zero attached hydrogens (tertiary/aromatic N) is 3. The third kappa shape index (κ3) is 6.74. The van der Waals surface area contributed by atoms with E-state index in [2.05, 4.69) is 11.0 Å². The highest BCUT2D eigenvalue weighted by molar-refractivity contribution is 7.86. The molecule has 2 aliphatic rings. The molecule has 0 bridgehead atoms. The van der Waals surface area contributed by atoms with Gasteiger partial charge >= 0.3 is 6.09 Å². The zero-order chi connectivity index (χ0) is 24.6. The predicted octanol–water partition coefficient (Wildman–Crippen LogP) is 2.95. The summed E-state index contributed by atoms with van der Waals surface area (Å²) in [6.07, 6.45) is 1.24. The zero-order valence-corrected chi connectivity index (χ0v) is 21.3. The molecule has 35 heavy (non-hydrogen) atoms. The van der Waals surface area contributed by atoms with Gasteiger partial charge in [0.15, 0.2) is 11.0 Å².